The van der Waals surface area contributed by atoms with E-state index in [4.69, 9.17) is 4.74 Å². The molecule has 0 saturated heterocycles. The van der Waals surface area contributed by atoms with Crippen molar-refractivity contribution in [2.24, 2.45) is 0 Å². The van der Waals surface area contributed by atoms with Crippen LogP contribution in [0.25, 0.3) is 0 Å². The molecule has 0 fully saturated rings. The Bertz CT molecular complexity index is 1170. The standard InChI is InChI=1S/C61H111NO5/c1-3-5-7-9-11-13-15-17-19-20-21-22-23-24-25-27-29-33-37-41-45-49-53-59(64)58(57-63)62-60(65)54-50-46-42-38-34-30-28-32-36-40-44-48-52-56-67-61(66)55-51-47-43-39-35-31-26-18-16-14-12-10-8-6-4-2/h12,14,18,26,30,34,42,46,49,53,58-59,63-64H,3-11,13,15-17,19-25,27-29,31-33,35-41,43-45,47-48,50-52,54-57H2,1-2H3,(H,62,65)/b14-12-,26-18-,34-30-,46-42-,53-49+. The molecule has 1 amide bonds. The zero-order chi connectivity index (χ0) is 48.6. The summed E-state index contributed by atoms with van der Waals surface area (Å²) in [6.07, 6.45) is 72.5. The fourth-order valence-corrected chi connectivity index (χ4v) is 8.54. The van der Waals surface area contributed by atoms with Gasteiger partial charge in [0.25, 0.3) is 0 Å². The Balaban J connectivity index is 3.59. The molecule has 390 valence electrons. The van der Waals surface area contributed by atoms with Crippen LogP contribution >= 0.6 is 0 Å². The number of carbonyl (C=O) groups excluding carboxylic acids is 2. The van der Waals surface area contributed by atoms with Gasteiger partial charge in [-0.05, 0) is 83.5 Å². The van der Waals surface area contributed by atoms with Crippen LogP contribution in [0.3, 0.4) is 0 Å². The number of aliphatic hydroxyl groups is 2. The molecule has 0 spiro atoms. The first kappa shape index (κ1) is 64.6. The van der Waals surface area contributed by atoms with Crippen molar-refractivity contribution in [1.82, 2.24) is 5.32 Å². The SMILES string of the molecule is CCCCC/C=C\C/C=C\CCCCCCCC(=O)OCCCCCCCC/C=C\C/C=C\CCC(=O)NC(CO)C(O)/C=C/CCCCCCCCCCCCCCCCCCCCCC. The summed E-state index contributed by atoms with van der Waals surface area (Å²) in [6.45, 7) is 4.81. The van der Waals surface area contributed by atoms with Gasteiger partial charge >= 0.3 is 5.97 Å². The summed E-state index contributed by atoms with van der Waals surface area (Å²) >= 11 is 0. The molecule has 2 unspecified atom stereocenters. The van der Waals surface area contributed by atoms with Gasteiger partial charge in [0.2, 0.25) is 5.91 Å². The first-order valence-electron chi connectivity index (χ1n) is 29.1. The van der Waals surface area contributed by atoms with Crippen LogP contribution in [0.5, 0.6) is 0 Å². The monoisotopic (exact) mass is 938 g/mol. The van der Waals surface area contributed by atoms with E-state index in [-0.39, 0.29) is 18.5 Å². The topological polar surface area (TPSA) is 95.9 Å². The molecule has 0 aliphatic heterocycles. The van der Waals surface area contributed by atoms with E-state index in [1.165, 1.54) is 193 Å². The summed E-state index contributed by atoms with van der Waals surface area (Å²) in [5, 5.41) is 23.1. The van der Waals surface area contributed by atoms with Crippen LogP contribution in [0.15, 0.2) is 60.8 Å². The smallest absolute Gasteiger partial charge is 0.305 e. The Hall–Kier alpha value is -2.44. The van der Waals surface area contributed by atoms with Crippen molar-refractivity contribution in [3.8, 4) is 0 Å². The van der Waals surface area contributed by atoms with Gasteiger partial charge in [0.1, 0.15) is 0 Å². The van der Waals surface area contributed by atoms with E-state index in [2.05, 4.69) is 61.7 Å². The highest BCUT2D eigenvalue weighted by Crippen LogP contribution is 2.16. The van der Waals surface area contributed by atoms with Gasteiger partial charge < -0.3 is 20.3 Å². The molecule has 6 heteroatoms. The van der Waals surface area contributed by atoms with Crippen LogP contribution in [0.4, 0.5) is 0 Å². The summed E-state index contributed by atoms with van der Waals surface area (Å²) in [5.41, 5.74) is 0. The molecule has 0 saturated carbocycles. The van der Waals surface area contributed by atoms with Crippen LogP contribution in [-0.4, -0.2) is 47.4 Å². The third-order valence-electron chi connectivity index (χ3n) is 13.0. The lowest BCUT2D eigenvalue weighted by molar-refractivity contribution is -0.143. The highest BCUT2D eigenvalue weighted by atomic mass is 16.5. The fraction of sp³-hybridized carbons (Fsp3) is 0.803. The number of rotatable bonds is 53. The van der Waals surface area contributed by atoms with Gasteiger partial charge in [-0.3, -0.25) is 9.59 Å². The molecule has 0 rings (SSSR count). The fourth-order valence-electron chi connectivity index (χ4n) is 8.54. The number of aliphatic hydroxyl groups excluding tert-OH is 2. The Morgan fingerprint density at radius 1 is 0.418 bits per heavy atom. The maximum Gasteiger partial charge on any atom is 0.305 e. The maximum atomic E-state index is 12.4. The molecule has 67 heavy (non-hydrogen) atoms. The van der Waals surface area contributed by atoms with Crippen molar-refractivity contribution in [2.45, 2.75) is 302 Å². The van der Waals surface area contributed by atoms with Gasteiger partial charge in [-0.25, -0.2) is 0 Å². The van der Waals surface area contributed by atoms with Crippen LogP contribution < -0.4 is 5.32 Å². The average molecular weight is 939 g/mol. The molecule has 6 nitrogen and oxygen atoms in total. The highest BCUT2D eigenvalue weighted by molar-refractivity contribution is 5.76. The van der Waals surface area contributed by atoms with Crippen LogP contribution in [0.1, 0.15) is 290 Å². The largest absolute Gasteiger partial charge is 0.466 e. The van der Waals surface area contributed by atoms with Gasteiger partial charge in [-0.15, -0.1) is 0 Å². The highest BCUT2D eigenvalue weighted by Gasteiger charge is 2.17. The molecule has 3 N–H and O–H groups in total. The molecule has 0 aromatic heterocycles. The lowest BCUT2D eigenvalue weighted by Gasteiger charge is -2.19. The summed E-state index contributed by atoms with van der Waals surface area (Å²) in [6, 6.07) is -0.675. The van der Waals surface area contributed by atoms with Crippen LogP contribution in [0.2, 0.25) is 0 Å². The molecular formula is C61H111NO5. The van der Waals surface area contributed by atoms with Gasteiger partial charge in [-0.1, -0.05) is 254 Å². The molecule has 0 heterocycles. The number of unbranched alkanes of at least 4 members (excludes halogenated alkanes) is 34. The van der Waals surface area contributed by atoms with E-state index < -0.39 is 12.1 Å². The number of nitrogens with one attached hydrogen (secondary N) is 1. The minimum Gasteiger partial charge on any atom is -0.466 e. The van der Waals surface area contributed by atoms with Crippen molar-refractivity contribution < 1.29 is 24.5 Å². The molecule has 2 atom stereocenters. The van der Waals surface area contributed by atoms with E-state index >= 15 is 0 Å². The number of amides is 1. The number of hydrogen-bond acceptors (Lipinski definition) is 5. The van der Waals surface area contributed by atoms with E-state index in [1.807, 2.05) is 12.2 Å². The van der Waals surface area contributed by atoms with Gasteiger partial charge in [0, 0.05) is 12.8 Å². The molecule has 0 aromatic carbocycles. The number of carbonyl (C=O) groups is 2. The van der Waals surface area contributed by atoms with Crippen molar-refractivity contribution in [3.63, 3.8) is 0 Å². The summed E-state index contributed by atoms with van der Waals surface area (Å²) in [5.74, 6) is -0.181. The summed E-state index contributed by atoms with van der Waals surface area (Å²) < 4.78 is 5.45. The quantitative estimate of drug-likeness (QED) is 0.0321. The predicted octanol–water partition coefficient (Wildman–Crippen LogP) is 18.0. The van der Waals surface area contributed by atoms with Crippen molar-refractivity contribution in [3.05, 3.63) is 60.8 Å². The van der Waals surface area contributed by atoms with Crippen molar-refractivity contribution >= 4 is 11.9 Å². The van der Waals surface area contributed by atoms with Crippen molar-refractivity contribution in [2.75, 3.05) is 13.2 Å². The normalized spacial score (nSPS) is 13.1. The molecule has 0 aliphatic rings. The van der Waals surface area contributed by atoms with Gasteiger partial charge in [0.05, 0.1) is 25.4 Å². The van der Waals surface area contributed by atoms with Crippen molar-refractivity contribution in [1.29, 1.82) is 0 Å². The number of esters is 1. The predicted molar refractivity (Wildman–Crippen MR) is 292 cm³/mol. The third-order valence-corrected chi connectivity index (χ3v) is 13.0. The number of ether oxygens (including phenoxy) is 1. The number of allylic oxidation sites excluding steroid dienone is 9. The summed E-state index contributed by atoms with van der Waals surface area (Å²) in [7, 11) is 0. The lowest BCUT2D eigenvalue weighted by atomic mass is 10.0. The van der Waals surface area contributed by atoms with E-state index in [0.717, 1.165) is 64.2 Å². The number of hydrogen-bond donors (Lipinski definition) is 3. The van der Waals surface area contributed by atoms with Crippen LogP contribution in [-0.2, 0) is 14.3 Å². The van der Waals surface area contributed by atoms with E-state index in [9.17, 15) is 19.8 Å². The Kier molecular flexibility index (Phi) is 54.1. The lowest BCUT2D eigenvalue weighted by Crippen LogP contribution is -2.45. The average Bonchev–Trinajstić information content (AvgIpc) is 3.33. The second kappa shape index (κ2) is 56.2. The molecule has 0 aromatic rings. The molecular weight excluding hydrogens is 827 g/mol. The third kappa shape index (κ3) is 52.8. The second-order valence-electron chi connectivity index (χ2n) is 19.6. The Morgan fingerprint density at radius 2 is 0.761 bits per heavy atom. The minimum absolute atomic E-state index is 0.0329. The van der Waals surface area contributed by atoms with E-state index in [0.29, 0.717) is 25.9 Å². The Morgan fingerprint density at radius 3 is 1.19 bits per heavy atom. The van der Waals surface area contributed by atoms with Gasteiger partial charge in [-0.2, -0.15) is 0 Å². The maximum absolute atomic E-state index is 12.4. The van der Waals surface area contributed by atoms with E-state index in [1.54, 1.807) is 6.08 Å². The molecule has 0 aliphatic carbocycles. The molecule has 0 radical (unpaired) electrons. The zero-order valence-electron chi connectivity index (χ0n) is 44.4. The minimum atomic E-state index is -0.882. The van der Waals surface area contributed by atoms with Crippen LogP contribution in [0, 0.1) is 0 Å². The first-order chi connectivity index (χ1) is 33.0. The molecule has 0 bridgehead atoms. The first-order valence-corrected chi connectivity index (χ1v) is 29.1. The zero-order valence-corrected chi connectivity index (χ0v) is 44.4. The second-order valence-corrected chi connectivity index (χ2v) is 19.6. The Labute approximate surface area is 416 Å². The summed E-state index contributed by atoms with van der Waals surface area (Å²) in [4.78, 5) is 24.5. The van der Waals surface area contributed by atoms with Gasteiger partial charge in [0.15, 0.2) is 0 Å².